The summed E-state index contributed by atoms with van der Waals surface area (Å²) in [4.78, 5) is 34.5. The molecule has 3 heterocycles. The number of aromatic amines is 2. The van der Waals surface area contributed by atoms with Gasteiger partial charge < -0.3 is 15.1 Å². The molecule has 5 N–H and O–H groups in total. The Bertz CT molecular complexity index is 980. The fraction of sp³-hybridized carbons (Fsp3) is 0.389. The van der Waals surface area contributed by atoms with Crippen molar-refractivity contribution in [2.45, 2.75) is 38.5 Å². The molecular formula is C18H23BrN8O3. The Balaban J connectivity index is 1.35. The Morgan fingerprint density at radius 3 is 2.67 bits per heavy atom. The zero-order valence-corrected chi connectivity index (χ0v) is 17.8. The van der Waals surface area contributed by atoms with Crippen LogP contribution in [-0.2, 0) is 24.1 Å². The lowest BCUT2D eigenvalue weighted by molar-refractivity contribution is 0.0949. The lowest BCUT2D eigenvalue weighted by atomic mass is 10.1. The van der Waals surface area contributed by atoms with Crippen molar-refractivity contribution in [2.24, 2.45) is 5.90 Å². The first-order valence-electron chi connectivity index (χ1n) is 9.51. The molecule has 0 aromatic carbocycles. The van der Waals surface area contributed by atoms with Crippen molar-refractivity contribution in [2.75, 3.05) is 6.54 Å². The van der Waals surface area contributed by atoms with E-state index in [2.05, 4.69) is 51.5 Å². The van der Waals surface area contributed by atoms with Crippen LogP contribution in [0.4, 0.5) is 4.79 Å². The molecule has 30 heavy (non-hydrogen) atoms. The van der Waals surface area contributed by atoms with E-state index < -0.39 is 6.09 Å². The highest BCUT2D eigenvalue weighted by Crippen LogP contribution is 2.12. The number of imidazole rings is 1. The first-order chi connectivity index (χ1) is 14.6. The van der Waals surface area contributed by atoms with Crippen molar-refractivity contribution in [1.82, 2.24) is 35.3 Å². The summed E-state index contributed by atoms with van der Waals surface area (Å²) in [6.07, 6.45) is 9.10. The van der Waals surface area contributed by atoms with Gasteiger partial charge in [-0.3, -0.25) is 4.79 Å². The largest absolute Gasteiger partial charge is 0.438 e. The van der Waals surface area contributed by atoms with E-state index in [0.717, 1.165) is 53.7 Å². The first-order valence-corrected chi connectivity index (χ1v) is 10.3. The van der Waals surface area contributed by atoms with Crippen LogP contribution in [0.25, 0.3) is 0 Å². The second-order valence-corrected chi connectivity index (χ2v) is 7.59. The average Bonchev–Trinajstić information content (AvgIpc) is 3.48. The third kappa shape index (κ3) is 6.00. The number of nitrogens with one attached hydrogen (secondary N) is 3. The van der Waals surface area contributed by atoms with Gasteiger partial charge in [-0.25, -0.2) is 14.3 Å². The van der Waals surface area contributed by atoms with Crippen LogP contribution >= 0.6 is 15.9 Å². The van der Waals surface area contributed by atoms with Gasteiger partial charge in [0.1, 0.15) is 12.0 Å². The van der Waals surface area contributed by atoms with E-state index >= 15 is 0 Å². The van der Waals surface area contributed by atoms with Crippen LogP contribution in [-0.4, -0.2) is 48.5 Å². The molecule has 0 bridgehead atoms. The molecule has 0 saturated heterocycles. The van der Waals surface area contributed by atoms with Crippen LogP contribution in [0.5, 0.6) is 0 Å². The van der Waals surface area contributed by atoms with Crippen molar-refractivity contribution >= 4 is 27.9 Å². The van der Waals surface area contributed by atoms with Gasteiger partial charge in [0.2, 0.25) is 0 Å². The summed E-state index contributed by atoms with van der Waals surface area (Å²) >= 11 is 3.31. The molecule has 12 heteroatoms. The van der Waals surface area contributed by atoms with Crippen molar-refractivity contribution < 1.29 is 14.4 Å². The summed E-state index contributed by atoms with van der Waals surface area (Å²) in [5.74, 6) is 4.69. The third-order valence-corrected chi connectivity index (χ3v) is 4.99. The SMILES string of the molecule is NOC(=O)n1cnc(CCCCCc2n[nH]nc2CCNC(=O)c2cc(Br)c[nH]2)c1. The second kappa shape index (κ2) is 10.7. The Kier molecular flexibility index (Phi) is 7.74. The Morgan fingerprint density at radius 2 is 1.93 bits per heavy atom. The lowest BCUT2D eigenvalue weighted by Gasteiger charge is -2.04. The molecular weight excluding hydrogens is 456 g/mol. The number of nitrogens with zero attached hydrogens (tertiary/aromatic N) is 4. The minimum atomic E-state index is -0.663. The van der Waals surface area contributed by atoms with Gasteiger partial charge in [-0.15, -0.1) is 0 Å². The number of aromatic nitrogens is 6. The number of amides is 1. The standard InChI is InChI=1S/C18H23BrN8O3/c19-12-8-16(22-9-12)17(28)21-7-6-15-14(24-26-25-15)5-3-1-2-4-13-10-27(11-23-13)18(29)30-20/h8-11,22H,1-7,20H2,(H,21,28)(H,24,25,26). The number of nitrogens with two attached hydrogens (primary N) is 1. The van der Waals surface area contributed by atoms with Crippen LogP contribution in [0.2, 0.25) is 0 Å². The number of carbonyl (C=O) groups excluding carboxylic acids is 2. The Labute approximate surface area is 180 Å². The maximum absolute atomic E-state index is 12.0. The van der Waals surface area contributed by atoms with E-state index in [1.54, 1.807) is 18.5 Å². The molecule has 0 fully saturated rings. The van der Waals surface area contributed by atoms with E-state index in [4.69, 9.17) is 5.90 Å². The Morgan fingerprint density at radius 1 is 1.17 bits per heavy atom. The summed E-state index contributed by atoms with van der Waals surface area (Å²) < 4.78 is 2.04. The zero-order chi connectivity index (χ0) is 21.3. The van der Waals surface area contributed by atoms with E-state index in [0.29, 0.717) is 18.7 Å². The number of hydrogen-bond acceptors (Lipinski definition) is 7. The number of halogens is 1. The van der Waals surface area contributed by atoms with Gasteiger partial charge in [-0.1, -0.05) is 6.42 Å². The van der Waals surface area contributed by atoms with Gasteiger partial charge in [0.25, 0.3) is 5.91 Å². The third-order valence-electron chi connectivity index (χ3n) is 4.54. The van der Waals surface area contributed by atoms with E-state index in [1.807, 2.05) is 0 Å². The molecule has 3 aromatic heterocycles. The molecule has 0 aliphatic carbocycles. The van der Waals surface area contributed by atoms with Crippen LogP contribution in [0.1, 0.15) is 46.8 Å². The maximum atomic E-state index is 12.0. The molecule has 160 valence electrons. The summed E-state index contributed by atoms with van der Waals surface area (Å²) in [6, 6.07) is 1.73. The number of carbonyl (C=O) groups is 2. The van der Waals surface area contributed by atoms with Gasteiger partial charge >= 0.3 is 6.09 Å². The van der Waals surface area contributed by atoms with E-state index in [-0.39, 0.29) is 5.91 Å². The van der Waals surface area contributed by atoms with Crippen LogP contribution in [0.3, 0.4) is 0 Å². The fourth-order valence-electron chi connectivity index (χ4n) is 2.99. The van der Waals surface area contributed by atoms with Crippen molar-refractivity contribution in [3.8, 4) is 0 Å². The number of rotatable bonds is 10. The van der Waals surface area contributed by atoms with Gasteiger partial charge in [0.05, 0.1) is 17.1 Å². The quantitative estimate of drug-likeness (QED) is 0.255. The second-order valence-electron chi connectivity index (χ2n) is 6.67. The fourth-order valence-corrected chi connectivity index (χ4v) is 3.34. The molecule has 1 amide bonds. The smallest absolute Gasteiger partial charge is 0.356 e. The highest BCUT2D eigenvalue weighted by Gasteiger charge is 2.11. The topological polar surface area (TPSA) is 157 Å². The van der Waals surface area contributed by atoms with Gasteiger partial charge in [-0.2, -0.15) is 21.3 Å². The van der Waals surface area contributed by atoms with E-state index in [1.165, 1.54) is 10.9 Å². The van der Waals surface area contributed by atoms with Gasteiger partial charge in [0, 0.05) is 29.8 Å². The highest BCUT2D eigenvalue weighted by molar-refractivity contribution is 9.10. The van der Waals surface area contributed by atoms with Crippen LogP contribution in [0, 0.1) is 0 Å². The minimum Gasteiger partial charge on any atom is -0.356 e. The average molecular weight is 479 g/mol. The molecule has 0 atom stereocenters. The van der Waals surface area contributed by atoms with E-state index in [9.17, 15) is 9.59 Å². The minimum absolute atomic E-state index is 0.159. The molecule has 3 rings (SSSR count). The van der Waals surface area contributed by atoms with Crippen molar-refractivity contribution in [3.05, 3.63) is 52.0 Å². The van der Waals surface area contributed by atoms with Crippen LogP contribution < -0.4 is 11.2 Å². The molecule has 0 aliphatic heterocycles. The molecule has 0 saturated carbocycles. The van der Waals surface area contributed by atoms with Crippen LogP contribution in [0.15, 0.2) is 29.3 Å². The summed E-state index contributed by atoms with van der Waals surface area (Å²) in [5.41, 5.74) is 3.10. The lowest BCUT2D eigenvalue weighted by Crippen LogP contribution is -2.26. The highest BCUT2D eigenvalue weighted by atomic mass is 79.9. The maximum Gasteiger partial charge on any atom is 0.438 e. The monoisotopic (exact) mass is 478 g/mol. The number of hydrogen-bond donors (Lipinski definition) is 4. The van der Waals surface area contributed by atoms with Gasteiger partial charge in [0.15, 0.2) is 0 Å². The van der Waals surface area contributed by atoms with Crippen molar-refractivity contribution in [3.63, 3.8) is 0 Å². The number of unbranched alkanes of at least 4 members (excludes halogenated alkanes) is 2. The van der Waals surface area contributed by atoms with Crippen molar-refractivity contribution in [1.29, 1.82) is 0 Å². The van der Waals surface area contributed by atoms with Gasteiger partial charge in [-0.05, 0) is 47.7 Å². The summed E-state index contributed by atoms with van der Waals surface area (Å²) in [6.45, 7) is 0.475. The zero-order valence-electron chi connectivity index (χ0n) is 16.2. The summed E-state index contributed by atoms with van der Waals surface area (Å²) in [7, 11) is 0. The predicted molar refractivity (Wildman–Crippen MR) is 110 cm³/mol. The molecule has 0 aliphatic rings. The Hall–Kier alpha value is -2.99. The molecule has 0 radical (unpaired) electrons. The number of H-pyrrole nitrogens is 2. The summed E-state index contributed by atoms with van der Waals surface area (Å²) in [5, 5.41) is 13.9. The normalized spacial score (nSPS) is 10.9. The molecule has 0 unspecified atom stereocenters. The number of aryl methyl sites for hydroxylation is 2. The predicted octanol–water partition coefficient (Wildman–Crippen LogP) is 1.88. The molecule has 11 nitrogen and oxygen atoms in total. The molecule has 0 spiro atoms. The first kappa shape index (κ1) is 21.7. The molecule has 3 aromatic rings.